The van der Waals surface area contributed by atoms with Gasteiger partial charge in [0.15, 0.2) is 0 Å². The average Bonchev–Trinajstić information content (AvgIpc) is 3.34. The highest BCUT2D eigenvalue weighted by Crippen LogP contribution is 2.60. The predicted octanol–water partition coefficient (Wildman–Crippen LogP) is 5.13. The molecular weight excluding hydrogens is 428 g/mol. The van der Waals surface area contributed by atoms with Crippen LogP contribution in [0.5, 0.6) is 17.2 Å². The lowest BCUT2D eigenvalue weighted by atomic mass is 10.0. The van der Waals surface area contributed by atoms with E-state index in [-0.39, 0.29) is 23.8 Å². The zero-order chi connectivity index (χ0) is 23.2. The van der Waals surface area contributed by atoms with Crippen molar-refractivity contribution in [3.05, 3.63) is 77.0 Å². The molecule has 3 heterocycles. The summed E-state index contributed by atoms with van der Waals surface area (Å²) in [5, 5.41) is 2.81. The van der Waals surface area contributed by atoms with E-state index in [1.54, 1.807) is 6.20 Å². The topological polar surface area (TPSA) is 77.5 Å². The van der Waals surface area contributed by atoms with Gasteiger partial charge in [-0.1, -0.05) is 29.8 Å². The Kier molecular flexibility index (Phi) is 5.09. The molecule has 1 saturated carbocycles. The lowest BCUT2D eigenvalue weighted by Gasteiger charge is -2.19. The number of carbonyl (C=O) groups excluding carboxylic acids is 2. The molecule has 3 aliphatic rings. The minimum absolute atomic E-state index is 0.0222. The number of nitrogens with one attached hydrogen (secondary N) is 1. The summed E-state index contributed by atoms with van der Waals surface area (Å²) in [6.45, 7) is 2.07. The fourth-order valence-corrected chi connectivity index (χ4v) is 5.25. The third-order valence-corrected chi connectivity index (χ3v) is 7.04. The van der Waals surface area contributed by atoms with Crippen molar-refractivity contribution in [1.82, 2.24) is 4.98 Å². The van der Waals surface area contributed by atoms with Crippen molar-refractivity contribution < 1.29 is 19.1 Å². The van der Waals surface area contributed by atoms with Crippen LogP contribution in [0.3, 0.4) is 0 Å². The summed E-state index contributed by atoms with van der Waals surface area (Å²) in [6, 6.07) is 16.1. The minimum Gasteiger partial charge on any atom is -0.489 e. The van der Waals surface area contributed by atoms with Gasteiger partial charge in [0.2, 0.25) is 5.91 Å². The maximum atomic E-state index is 12.6. The second-order valence-corrected chi connectivity index (χ2v) is 9.49. The maximum absolute atomic E-state index is 12.6. The van der Waals surface area contributed by atoms with E-state index in [2.05, 4.69) is 35.4 Å². The lowest BCUT2D eigenvalue weighted by Crippen LogP contribution is -2.20. The number of fused-ring (bicyclic) bond motifs is 4. The summed E-state index contributed by atoms with van der Waals surface area (Å²) in [7, 11) is 0. The summed E-state index contributed by atoms with van der Waals surface area (Å²) in [6.07, 6.45) is 4.69. The van der Waals surface area contributed by atoms with Gasteiger partial charge in [0.25, 0.3) is 0 Å². The molecule has 6 heteroatoms. The second kappa shape index (κ2) is 8.28. The monoisotopic (exact) mass is 454 g/mol. The summed E-state index contributed by atoms with van der Waals surface area (Å²) >= 11 is 0. The van der Waals surface area contributed by atoms with Crippen molar-refractivity contribution in [1.29, 1.82) is 0 Å². The molecule has 2 aromatic carbocycles. The summed E-state index contributed by atoms with van der Waals surface area (Å²) in [5.74, 6) is 3.67. The van der Waals surface area contributed by atoms with Crippen LogP contribution in [-0.2, 0) is 22.4 Å². The molecule has 172 valence electrons. The van der Waals surface area contributed by atoms with Gasteiger partial charge < -0.3 is 14.8 Å². The van der Waals surface area contributed by atoms with Gasteiger partial charge in [0.1, 0.15) is 35.0 Å². The van der Waals surface area contributed by atoms with Crippen LogP contribution in [0.4, 0.5) is 5.82 Å². The van der Waals surface area contributed by atoms with Crippen LogP contribution < -0.4 is 14.8 Å². The molecular formula is C28H26N2O4. The van der Waals surface area contributed by atoms with Crippen LogP contribution in [-0.4, -0.2) is 22.8 Å². The first-order chi connectivity index (χ1) is 16.5. The predicted molar refractivity (Wildman–Crippen MR) is 127 cm³/mol. The quantitative estimate of drug-likeness (QED) is 0.535. The molecule has 0 unspecified atom stereocenters. The molecule has 0 bridgehead atoms. The Morgan fingerprint density at radius 2 is 2.09 bits per heavy atom. The minimum atomic E-state index is -0.0222. The van der Waals surface area contributed by atoms with Gasteiger partial charge in [0, 0.05) is 48.4 Å². The first-order valence-corrected chi connectivity index (χ1v) is 11.9. The summed E-state index contributed by atoms with van der Waals surface area (Å²) in [4.78, 5) is 28.6. The summed E-state index contributed by atoms with van der Waals surface area (Å²) < 4.78 is 12.3. The molecule has 1 aliphatic carbocycles. The number of benzene rings is 2. The molecule has 3 aromatic rings. The van der Waals surface area contributed by atoms with E-state index in [1.807, 2.05) is 30.3 Å². The van der Waals surface area contributed by atoms with E-state index in [4.69, 9.17) is 9.47 Å². The largest absolute Gasteiger partial charge is 0.489 e. The zero-order valence-corrected chi connectivity index (χ0v) is 19.0. The van der Waals surface area contributed by atoms with Gasteiger partial charge in [0.05, 0.1) is 0 Å². The van der Waals surface area contributed by atoms with Crippen molar-refractivity contribution >= 4 is 17.5 Å². The number of aromatic nitrogens is 1. The fraction of sp³-hybridized carbons (Fsp3) is 0.321. The van der Waals surface area contributed by atoms with E-state index in [1.165, 1.54) is 11.1 Å². The van der Waals surface area contributed by atoms with E-state index < -0.39 is 0 Å². The van der Waals surface area contributed by atoms with Crippen LogP contribution in [0.15, 0.2) is 54.7 Å². The number of carbonyl (C=O) groups is 2. The first kappa shape index (κ1) is 20.9. The van der Waals surface area contributed by atoms with Gasteiger partial charge in [-0.3, -0.25) is 9.59 Å². The number of Topliss-reactive ketones (excluding diaryl/α,β-unsaturated/α-hetero) is 1. The Labute approximate surface area is 198 Å². The highest BCUT2D eigenvalue weighted by atomic mass is 16.5. The number of pyridine rings is 1. The number of rotatable bonds is 7. The van der Waals surface area contributed by atoms with Crippen molar-refractivity contribution in [2.45, 2.75) is 51.0 Å². The van der Waals surface area contributed by atoms with Gasteiger partial charge in [-0.05, 0) is 49.6 Å². The molecule has 1 N–H and O–H groups in total. The Bertz CT molecular complexity index is 1300. The van der Waals surface area contributed by atoms with Crippen molar-refractivity contribution in [2.24, 2.45) is 5.92 Å². The van der Waals surface area contributed by atoms with Gasteiger partial charge in [-0.2, -0.15) is 0 Å². The van der Waals surface area contributed by atoms with Crippen LogP contribution in [0.2, 0.25) is 0 Å². The third kappa shape index (κ3) is 3.94. The molecule has 0 radical (unpaired) electrons. The maximum Gasteiger partial charge on any atom is 0.225 e. The van der Waals surface area contributed by atoms with Crippen molar-refractivity contribution in [3.63, 3.8) is 0 Å². The molecule has 1 fully saturated rings. The van der Waals surface area contributed by atoms with Crippen LogP contribution >= 0.6 is 0 Å². The Morgan fingerprint density at radius 3 is 2.97 bits per heavy atom. The highest BCUT2D eigenvalue weighted by molar-refractivity contribution is 5.93. The van der Waals surface area contributed by atoms with Crippen LogP contribution in [0.25, 0.3) is 0 Å². The van der Waals surface area contributed by atoms with Crippen LogP contribution in [0.1, 0.15) is 47.4 Å². The van der Waals surface area contributed by atoms with Gasteiger partial charge >= 0.3 is 0 Å². The van der Waals surface area contributed by atoms with E-state index in [0.717, 1.165) is 29.0 Å². The Balaban J connectivity index is 1.11. The lowest BCUT2D eigenvalue weighted by molar-refractivity contribution is -0.119. The van der Waals surface area contributed by atoms with E-state index >= 15 is 0 Å². The SMILES string of the molecule is Cc1cccc(CCC(=O)C[C@@H]2[C@H]3Oc4ccc(Oc5ccnc6c5CCC(=O)N6)cc4[C@@H]23)c1. The number of hydrogen-bond acceptors (Lipinski definition) is 5. The standard InChI is InChI=1S/C28H26N2O4/c1-16-3-2-4-17(13-16)5-6-18(31)14-22-26-21-15-19(7-9-23(21)34-27(22)26)33-24-11-12-29-28-20(24)8-10-25(32)30-28/h2-4,7,9,11-13,15,22,26-27H,5-6,8,10,14H2,1H3,(H,29,30,32)/t22-,26-,27+/m0/s1. The fourth-order valence-electron chi connectivity index (χ4n) is 5.25. The molecule has 0 saturated heterocycles. The number of nitrogens with zero attached hydrogens (tertiary/aromatic N) is 1. The Morgan fingerprint density at radius 1 is 1.18 bits per heavy atom. The van der Waals surface area contributed by atoms with Crippen molar-refractivity contribution in [2.75, 3.05) is 5.32 Å². The molecule has 2 aliphatic heterocycles. The van der Waals surface area contributed by atoms with Crippen LogP contribution in [0, 0.1) is 12.8 Å². The van der Waals surface area contributed by atoms with Gasteiger partial charge in [-0.25, -0.2) is 4.98 Å². The highest BCUT2D eigenvalue weighted by Gasteiger charge is 2.58. The molecule has 1 aromatic heterocycles. The van der Waals surface area contributed by atoms with Crippen molar-refractivity contribution in [3.8, 4) is 17.2 Å². The van der Waals surface area contributed by atoms with Gasteiger partial charge in [-0.15, -0.1) is 0 Å². The molecule has 0 spiro atoms. The number of ketones is 1. The smallest absolute Gasteiger partial charge is 0.225 e. The van der Waals surface area contributed by atoms with E-state index in [0.29, 0.717) is 43.0 Å². The molecule has 34 heavy (non-hydrogen) atoms. The first-order valence-electron chi connectivity index (χ1n) is 11.9. The van der Waals surface area contributed by atoms with E-state index in [9.17, 15) is 9.59 Å². The summed E-state index contributed by atoms with van der Waals surface area (Å²) in [5.41, 5.74) is 4.47. The number of aryl methyl sites for hydroxylation is 2. The molecule has 3 atom stereocenters. The molecule has 6 rings (SSSR count). The number of amides is 1. The third-order valence-electron chi connectivity index (χ3n) is 7.04. The Hall–Kier alpha value is -3.67. The number of anilines is 1. The second-order valence-electron chi connectivity index (χ2n) is 9.49. The molecule has 6 nitrogen and oxygen atoms in total. The molecule has 1 amide bonds. The average molecular weight is 455 g/mol. The number of hydrogen-bond donors (Lipinski definition) is 1. The number of ether oxygens (including phenoxy) is 2. The normalized spacial score (nSPS) is 21.6. The zero-order valence-electron chi connectivity index (χ0n) is 19.0.